The van der Waals surface area contributed by atoms with Crippen molar-refractivity contribution in [1.29, 1.82) is 0 Å². The first kappa shape index (κ1) is 25.4. The maximum Gasteiger partial charge on any atom is 0.317 e. The molecule has 1 amide bonds. The Morgan fingerprint density at radius 1 is 1.06 bits per heavy atom. The normalized spacial score (nSPS) is 16.3. The van der Waals surface area contributed by atoms with Crippen LogP contribution in [0.3, 0.4) is 0 Å². The molecule has 0 radical (unpaired) electrons. The molecule has 1 atom stereocenters. The quantitative estimate of drug-likeness (QED) is 0.284. The number of piperazine rings is 1. The van der Waals surface area contributed by atoms with E-state index in [1.54, 1.807) is 30.3 Å². The first-order chi connectivity index (χ1) is 17.4. The van der Waals surface area contributed by atoms with Crippen LogP contribution in [-0.2, 0) is 17.9 Å². The van der Waals surface area contributed by atoms with Crippen molar-refractivity contribution in [2.24, 2.45) is 0 Å². The van der Waals surface area contributed by atoms with Gasteiger partial charge in [-0.15, -0.1) is 6.58 Å². The Balaban J connectivity index is 1.30. The van der Waals surface area contributed by atoms with Gasteiger partial charge in [0.05, 0.1) is 11.0 Å². The van der Waals surface area contributed by atoms with Gasteiger partial charge in [0, 0.05) is 44.5 Å². The van der Waals surface area contributed by atoms with Crippen molar-refractivity contribution in [1.82, 2.24) is 19.4 Å². The molecule has 190 valence electrons. The molecule has 2 heterocycles. The van der Waals surface area contributed by atoms with E-state index in [0.29, 0.717) is 23.6 Å². The van der Waals surface area contributed by atoms with Crippen LogP contribution in [-0.4, -0.2) is 58.7 Å². The van der Waals surface area contributed by atoms with Crippen LogP contribution in [0.4, 0.5) is 5.69 Å². The van der Waals surface area contributed by atoms with Crippen LogP contribution >= 0.6 is 0 Å². The van der Waals surface area contributed by atoms with Crippen molar-refractivity contribution in [3.63, 3.8) is 0 Å². The lowest BCUT2D eigenvalue weighted by Crippen LogP contribution is -2.52. The van der Waals surface area contributed by atoms with E-state index in [1.807, 2.05) is 0 Å². The molecule has 0 spiro atoms. The van der Waals surface area contributed by atoms with Crippen molar-refractivity contribution < 1.29 is 4.79 Å². The molecule has 36 heavy (non-hydrogen) atoms. The fraction of sp³-hybridized carbons (Fsp3) is 0.393. The predicted octanol–water partition coefficient (Wildman–Crippen LogP) is 2.37. The lowest BCUT2D eigenvalue weighted by molar-refractivity contribution is -0.121. The molecule has 8 nitrogen and oxygen atoms in total. The first-order valence-electron chi connectivity index (χ1n) is 12.5. The smallest absolute Gasteiger partial charge is 0.317 e. The minimum Gasteiger partial charge on any atom is -0.366 e. The van der Waals surface area contributed by atoms with Gasteiger partial charge in [0.1, 0.15) is 6.54 Å². The summed E-state index contributed by atoms with van der Waals surface area (Å²) >= 11 is 0. The average molecular weight is 490 g/mol. The zero-order valence-electron chi connectivity index (χ0n) is 21.2. The SMILES string of the molecule is C=CCn1c(=O)c(=O)n(CC(=O)NCCCN2CCN(c3cccc(C)c3)[C@@H](C)C2)c2ccccc21. The summed E-state index contributed by atoms with van der Waals surface area (Å²) < 4.78 is 2.65. The van der Waals surface area contributed by atoms with Crippen LogP contribution in [0, 0.1) is 6.92 Å². The highest BCUT2D eigenvalue weighted by Crippen LogP contribution is 2.21. The van der Waals surface area contributed by atoms with Crippen LogP contribution in [0.25, 0.3) is 11.0 Å². The van der Waals surface area contributed by atoms with Gasteiger partial charge in [-0.05, 0) is 56.6 Å². The number of amides is 1. The summed E-state index contributed by atoms with van der Waals surface area (Å²) in [6.45, 7) is 12.4. The van der Waals surface area contributed by atoms with Crippen LogP contribution < -0.4 is 21.3 Å². The van der Waals surface area contributed by atoms with Gasteiger partial charge in [-0.1, -0.05) is 30.3 Å². The standard InChI is InChI=1S/C28H35N5O3/c1-4-14-32-24-11-5-6-12-25(24)33(28(36)27(32)35)20-26(34)29-13-8-15-30-16-17-31(22(3)19-30)23-10-7-9-21(2)18-23/h4-7,9-12,18,22H,1,8,13-17,19-20H2,2-3H3,(H,29,34)/t22-/m0/s1. The molecule has 0 saturated carbocycles. The summed E-state index contributed by atoms with van der Waals surface area (Å²) in [5.74, 6) is -0.277. The number of allylic oxidation sites excluding steroid dienone is 1. The zero-order valence-corrected chi connectivity index (χ0v) is 21.2. The molecule has 1 N–H and O–H groups in total. The molecule has 2 aromatic carbocycles. The Bertz CT molecular complexity index is 1360. The minimum absolute atomic E-state index is 0.185. The van der Waals surface area contributed by atoms with Crippen LogP contribution in [0.2, 0.25) is 0 Å². The molecule has 1 aliphatic rings. The number of aromatic nitrogens is 2. The number of nitrogens with one attached hydrogen (secondary N) is 1. The number of anilines is 1. The summed E-state index contributed by atoms with van der Waals surface area (Å²) in [5, 5.41) is 2.91. The number of carbonyl (C=O) groups excluding carboxylic acids is 1. The van der Waals surface area contributed by atoms with Gasteiger partial charge >= 0.3 is 11.1 Å². The molecule has 4 rings (SSSR count). The Morgan fingerprint density at radius 2 is 1.78 bits per heavy atom. The van der Waals surface area contributed by atoms with Gasteiger partial charge in [-0.2, -0.15) is 0 Å². The number of benzene rings is 2. The van der Waals surface area contributed by atoms with E-state index < -0.39 is 11.1 Å². The summed E-state index contributed by atoms with van der Waals surface area (Å²) in [5.41, 5.74) is 2.35. The molecule has 0 bridgehead atoms. The monoisotopic (exact) mass is 489 g/mol. The topological polar surface area (TPSA) is 79.6 Å². The van der Waals surface area contributed by atoms with Gasteiger partial charge in [-0.3, -0.25) is 28.4 Å². The number of carbonyl (C=O) groups is 1. The lowest BCUT2D eigenvalue weighted by atomic mass is 10.1. The lowest BCUT2D eigenvalue weighted by Gasteiger charge is -2.41. The summed E-state index contributed by atoms with van der Waals surface area (Å²) in [7, 11) is 0. The molecular weight excluding hydrogens is 454 g/mol. The fourth-order valence-electron chi connectivity index (χ4n) is 4.99. The molecule has 8 heteroatoms. The van der Waals surface area contributed by atoms with E-state index >= 15 is 0 Å². The second-order valence-corrected chi connectivity index (χ2v) is 9.47. The van der Waals surface area contributed by atoms with Gasteiger partial charge in [0.25, 0.3) is 0 Å². The number of nitrogens with zero attached hydrogens (tertiary/aromatic N) is 4. The second-order valence-electron chi connectivity index (χ2n) is 9.47. The van der Waals surface area contributed by atoms with Gasteiger partial charge < -0.3 is 10.2 Å². The van der Waals surface area contributed by atoms with Crippen molar-refractivity contribution in [2.45, 2.75) is 39.4 Å². The van der Waals surface area contributed by atoms with E-state index in [-0.39, 0.29) is 19.0 Å². The van der Waals surface area contributed by atoms with E-state index in [4.69, 9.17) is 0 Å². The first-order valence-corrected chi connectivity index (χ1v) is 12.5. The Labute approximate surface area is 211 Å². The zero-order chi connectivity index (χ0) is 25.7. The van der Waals surface area contributed by atoms with Gasteiger partial charge in [-0.25, -0.2) is 0 Å². The fourth-order valence-corrected chi connectivity index (χ4v) is 4.99. The van der Waals surface area contributed by atoms with Gasteiger partial charge in [0.15, 0.2) is 0 Å². The number of hydrogen-bond donors (Lipinski definition) is 1. The highest BCUT2D eigenvalue weighted by molar-refractivity contribution is 5.80. The van der Waals surface area contributed by atoms with Crippen molar-refractivity contribution in [2.75, 3.05) is 37.6 Å². The predicted molar refractivity (Wildman–Crippen MR) is 145 cm³/mol. The van der Waals surface area contributed by atoms with E-state index in [2.05, 4.69) is 59.8 Å². The molecular formula is C28H35N5O3. The van der Waals surface area contributed by atoms with Crippen molar-refractivity contribution in [3.05, 3.63) is 87.5 Å². The third kappa shape index (κ3) is 5.60. The number of para-hydroxylation sites is 2. The van der Waals surface area contributed by atoms with Crippen molar-refractivity contribution in [3.8, 4) is 0 Å². The third-order valence-electron chi connectivity index (χ3n) is 6.77. The third-order valence-corrected chi connectivity index (χ3v) is 6.77. The Kier molecular flexibility index (Phi) is 8.05. The van der Waals surface area contributed by atoms with Crippen molar-refractivity contribution >= 4 is 22.6 Å². The van der Waals surface area contributed by atoms with E-state index in [0.717, 1.165) is 32.6 Å². The molecule has 1 fully saturated rings. The second kappa shape index (κ2) is 11.4. The summed E-state index contributed by atoms with van der Waals surface area (Å²) in [6.07, 6.45) is 2.40. The van der Waals surface area contributed by atoms with E-state index in [9.17, 15) is 14.4 Å². The van der Waals surface area contributed by atoms with Crippen LogP contribution in [0.1, 0.15) is 18.9 Å². The molecule has 3 aromatic rings. The number of fused-ring (bicyclic) bond motifs is 1. The average Bonchev–Trinajstić information content (AvgIpc) is 2.87. The Morgan fingerprint density at radius 3 is 2.47 bits per heavy atom. The summed E-state index contributed by atoms with van der Waals surface area (Å²) in [6, 6.07) is 16.2. The number of aryl methyl sites for hydroxylation is 1. The van der Waals surface area contributed by atoms with Crippen LogP contribution in [0.15, 0.2) is 70.8 Å². The van der Waals surface area contributed by atoms with Crippen LogP contribution in [0.5, 0.6) is 0 Å². The number of rotatable bonds is 9. The molecule has 0 unspecified atom stereocenters. The summed E-state index contributed by atoms with van der Waals surface area (Å²) in [4.78, 5) is 42.9. The maximum absolute atomic E-state index is 12.7. The number of hydrogen-bond acceptors (Lipinski definition) is 5. The minimum atomic E-state index is -0.703. The highest BCUT2D eigenvalue weighted by atomic mass is 16.2. The molecule has 1 saturated heterocycles. The molecule has 0 aliphatic carbocycles. The molecule has 1 aliphatic heterocycles. The maximum atomic E-state index is 12.7. The molecule has 1 aromatic heterocycles. The Hall–Kier alpha value is -3.65. The van der Waals surface area contributed by atoms with E-state index in [1.165, 1.54) is 20.4 Å². The van der Waals surface area contributed by atoms with Gasteiger partial charge in [0.2, 0.25) is 5.91 Å². The largest absolute Gasteiger partial charge is 0.366 e. The highest BCUT2D eigenvalue weighted by Gasteiger charge is 2.23.